The van der Waals surface area contributed by atoms with Gasteiger partial charge in [0.2, 0.25) is 5.91 Å². The Labute approximate surface area is 413 Å². The van der Waals surface area contributed by atoms with Crippen LogP contribution in [0.2, 0.25) is 0 Å². The number of amides is 1. The molecule has 0 saturated heterocycles. The molecule has 0 aromatic rings. The average Bonchev–Trinajstić information content (AvgIpc) is 3.29. The molecule has 0 bridgehead atoms. The van der Waals surface area contributed by atoms with Crippen LogP contribution in [0.4, 0.5) is 0 Å². The molecule has 0 aliphatic carbocycles. The Bertz CT molecular complexity index is 1410. The van der Waals surface area contributed by atoms with Crippen molar-refractivity contribution < 1.29 is 32.9 Å². The molecular formula is C58H103N2O6P. The van der Waals surface area contributed by atoms with Crippen molar-refractivity contribution in [1.29, 1.82) is 0 Å². The average molecular weight is 955 g/mol. The molecule has 0 aromatic carbocycles. The van der Waals surface area contributed by atoms with Crippen molar-refractivity contribution in [2.75, 3.05) is 40.9 Å². The predicted octanol–water partition coefficient (Wildman–Crippen LogP) is 15.6. The number of hydrogen-bond donors (Lipinski definition) is 2. The molecule has 0 aliphatic heterocycles. The molecule has 9 heteroatoms. The summed E-state index contributed by atoms with van der Waals surface area (Å²) >= 11 is 0. The van der Waals surface area contributed by atoms with Gasteiger partial charge in [0.25, 0.3) is 7.82 Å². The highest BCUT2D eigenvalue weighted by atomic mass is 31.2. The van der Waals surface area contributed by atoms with E-state index in [0.717, 1.165) is 96.3 Å². The van der Waals surface area contributed by atoms with Crippen LogP contribution in [0.3, 0.4) is 0 Å². The van der Waals surface area contributed by atoms with E-state index in [0.29, 0.717) is 17.4 Å². The molecule has 3 atom stereocenters. The molecule has 0 saturated carbocycles. The van der Waals surface area contributed by atoms with E-state index in [1.807, 2.05) is 27.2 Å². The van der Waals surface area contributed by atoms with Gasteiger partial charge in [-0.2, -0.15) is 0 Å². The van der Waals surface area contributed by atoms with Crippen LogP contribution in [-0.4, -0.2) is 68.5 Å². The van der Waals surface area contributed by atoms with E-state index >= 15 is 0 Å². The van der Waals surface area contributed by atoms with Crippen molar-refractivity contribution in [3.8, 4) is 0 Å². The van der Waals surface area contributed by atoms with E-state index in [-0.39, 0.29) is 19.1 Å². The number of nitrogens with one attached hydrogen (secondary N) is 1. The minimum Gasteiger partial charge on any atom is -0.756 e. The van der Waals surface area contributed by atoms with E-state index in [1.54, 1.807) is 6.08 Å². The number of aliphatic hydroxyl groups is 1. The summed E-state index contributed by atoms with van der Waals surface area (Å²) in [5.41, 5.74) is 0. The maximum atomic E-state index is 12.9. The quantitative estimate of drug-likeness (QED) is 0.0272. The van der Waals surface area contributed by atoms with Crippen LogP contribution in [0.5, 0.6) is 0 Å². The molecular weight excluding hydrogens is 852 g/mol. The first kappa shape index (κ1) is 64.4. The number of carbonyl (C=O) groups excluding carboxylic acids is 1. The maximum Gasteiger partial charge on any atom is 0.268 e. The van der Waals surface area contributed by atoms with Crippen molar-refractivity contribution in [3.63, 3.8) is 0 Å². The second kappa shape index (κ2) is 48.4. The Hall–Kier alpha value is -2.58. The SMILES string of the molecule is CC/C=C\C/C=C\C/C=C\C/C=C\C/C=C\C/C=C\C/C=C\CCCCCCCCCC(=O)NC(COP(=O)([O-])OCC[N+](C)(C)C)C(O)/C=C/CCCCCCCCCCCCCCCC. The van der Waals surface area contributed by atoms with Gasteiger partial charge in [-0.05, 0) is 77.0 Å². The third-order valence-corrected chi connectivity index (χ3v) is 12.5. The van der Waals surface area contributed by atoms with Crippen molar-refractivity contribution in [2.45, 2.75) is 225 Å². The molecule has 1 amide bonds. The number of likely N-dealkylation sites (N-methyl/N-ethyl adjacent to an activating group) is 1. The summed E-state index contributed by atoms with van der Waals surface area (Å²) in [7, 11) is 1.24. The van der Waals surface area contributed by atoms with Crippen LogP contribution in [0, 0.1) is 0 Å². The number of aliphatic hydroxyl groups excluding tert-OH is 1. The lowest BCUT2D eigenvalue weighted by Gasteiger charge is -2.29. The topological polar surface area (TPSA) is 108 Å². The smallest absolute Gasteiger partial charge is 0.268 e. The summed E-state index contributed by atoms with van der Waals surface area (Å²) in [4.78, 5) is 25.4. The van der Waals surface area contributed by atoms with Crippen LogP contribution in [0.25, 0.3) is 0 Å². The van der Waals surface area contributed by atoms with Crippen molar-refractivity contribution >= 4 is 13.7 Å². The van der Waals surface area contributed by atoms with Crippen molar-refractivity contribution in [3.05, 3.63) is 97.2 Å². The molecule has 0 spiro atoms. The van der Waals surface area contributed by atoms with E-state index in [9.17, 15) is 19.4 Å². The van der Waals surface area contributed by atoms with E-state index < -0.39 is 20.0 Å². The molecule has 0 heterocycles. The first-order chi connectivity index (χ1) is 32.5. The minimum atomic E-state index is -4.60. The summed E-state index contributed by atoms with van der Waals surface area (Å²) < 4.78 is 23.3. The van der Waals surface area contributed by atoms with Gasteiger partial charge in [0, 0.05) is 6.42 Å². The molecule has 67 heavy (non-hydrogen) atoms. The number of quaternary nitrogens is 1. The molecule has 2 N–H and O–H groups in total. The normalized spacial score (nSPS) is 14.8. The highest BCUT2D eigenvalue weighted by Gasteiger charge is 2.23. The monoisotopic (exact) mass is 955 g/mol. The fraction of sp³-hybridized carbons (Fsp3) is 0.707. The Morgan fingerprint density at radius 2 is 0.910 bits per heavy atom. The summed E-state index contributed by atoms with van der Waals surface area (Å²) in [6.07, 6.45) is 68.9. The number of rotatable bonds is 48. The van der Waals surface area contributed by atoms with Crippen molar-refractivity contribution in [2.24, 2.45) is 0 Å². The number of carbonyl (C=O) groups is 1. The molecule has 0 aromatic heterocycles. The van der Waals surface area contributed by atoms with Crippen molar-refractivity contribution in [1.82, 2.24) is 5.32 Å². The molecule has 0 aliphatic rings. The predicted molar refractivity (Wildman–Crippen MR) is 288 cm³/mol. The Kier molecular flexibility index (Phi) is 46.6. The Balaban J connectivity index is 4.29. The molecule has 0 rings (SSSR count). The van der Waals surface area contributed by atoms with Gasteiger partial charge in [-0.15, -0.1) is 0 Å². The highest BCUT2D eigenvalue weighted by Crippen LogP contribution is 2.38. The number of nitrogens with zero attached hydrogens (tertiary/aromatic N) is 1. The van der Waals surface area contributed by atoms with Crippen LogP contribution in [0.15, 0.2) is 97.2 Å². The van der Waals surface area contributed by atoms with Crippen LogP contribution in [-0.2, 0) is 18.4 Å². The van der Waals surface area contributed by atoms with E-state index in [1.165, 1.54) is 96.3 Å². The van der Waals surface area contributed by atoms with Gasteiger partial charge in [0.15, 0.2) is 0 Å². The van der Waals surface area contributed by atoms with Gasteiger partial charge in [0.05, 0.1) is 39.9 Å². The van der Waals surface area contributed by atoms with E-state index in [4.69, 9.17) is 9.05 Å². The largest absolute Gasteiger partial charge is 0.756 e. The van der Waals surface area contributed by atoms with Gasteiger partial charge >= 0.3 is 0 Å². The highest BCUT2D eigenvalue weighted by molar-refractivity contribution is 7.45. The zero-order chi connectivity index (χ0) is 49.2. The number of unbranched alkanes of at least 4 members (excludes halogenated alkanes) is 21. The molecule has 3 unspecified atom stereocenters. The van der Waals surface area contributed by atoms with E-state index in [2.05, 4.69) is 104 Å². The fourth-order valence-electron chi connectivity index (χ4n) is 7.31. The zero-order valence-corrected chi connectivity index (χ0v) is 44.7. The van der Waals surface area contributed by atoms with Gasteiger partial charge < -0.3 is 28.8 Å². The molecule has 8 nitrogen and oxygen atoms in total. The van der Waals surface area contributed by atoms with Crippen LogP contribution in [0.1, 0.15) is 213 Å². The summed E-state index contributed by atoms with van der Waals surface area (Å²) in [6.45, 7) is 4.52. The number of phosphoric acid groups is 1. The Morgan fingerprint density at radius 1 is 0.537 bits per heavy atom. The number of hydrogen-bond acceptors (Lipinski definition) is 6. The molecule has 386 valence electrons. The van der Waals surface area contributed by atoms with Gasteiger partial charge in [-0.1, -0.05) is 227 Å². The fourth-order valence-corrected chi connectivity index (χ4v) is 8.03. The van der Waals surface area contributed by atoms with Gasteiger partial charge in [0.1, 0.15) is 13.2 Å². The molecule has 0 radical (unpaired) electrons. The lowest BCUT2D eigenvalue weighted by Crippen LogP contribution is -2.45. The first-order valence-corrected chi connectivity index (χ1v) is 28.6. The van der Waals surface area contributed by atoms with Crippen LogP contribution < -0.4 is 10.2 Å². The van der Waals surface area contributed by atoms with Gasteiger partial charge in [-0.25, -0.2) is 0 Å². The third kappa shape index (κ3) is 51.1. The van der Waals surface area contributed by atoms with Gasteiger partial charge in [-0.3, -0.25) is 9.36 Å². The second-order valence-corrected chi connectivity index (χ2v) is 20.6. The van der Waals surface area contributed by atoms with Crippen LogP contribution >= 0.6 is 7.82 Å². The number of allylic oxidation sites excluding steroid dienone is 15. The lowest BCUT2D eigenvalue weighted by atomic mass is 10.0. The summed E-state index contributed by atoms with van der Waals surface area (Å²) in [5, 5.41) is 13.8. The maximum absolute atomic E-state index is 12.9. The zero-order valence-electron chi connectivity index (χ0n) is 43.8. The Morgan fingerprint density at radius 3 is 1.33 bits per heavy atom. The molecule has 0 fully saturated rings. The third-order valence-electron chi connectivity index (χ3n) is 11.5. The summed E-state index contributed by atoms with van der Waals surface area (Å²) in [5.74, 6) is -0.212. The summed E-state index contributed by atoms with van der Waals surface area (Å²) in [6, 6.07) is -0.899. The standard InChI is InChI=1S/C58H103N2O6P/c1-6-8-10-12-14-16-18-20-22-24-25-26-27-28-29-30-31-32-33-34-35-36-38-40-42-44-46-48-50-52-58(62)59-56(55-66-67(63,64)65-54-53-60(3,4)5)57(61)51-49-47-45-43-41-39-37-23-21-19-17-15-13-11-9-7-2/h8,10,14,16,20,22,25-26,28-29,31-32,34-35,49,51,56-57,61H,6-7,9,11-13,15,17-19,21,23-24,27,30,33,36-48,50,52-55H2,1-5H3,(H-,59,62,63,64)/b10-8-,16-14-,22-20-,26-25-,29-28-,32-31-,35-34-,51-49+. The lowest BCUT2D eigenvalue weighted by molar-refractivity contribution is -0.870. The number of phosphoric ester groups is 1. The minimum absolute atomic E-state index is 0.00820. The second-order valence-electron chi connectivity index (χ2n) is 19.2. The first-order valence-electron chi connectivity index (χ1n) is 27.1.